The summed E-state index contributed by atoms with van der Waals surface area (Å²) in [6.07, 6.45) is 0.796. The molecule has 0 aliphatic carbocycles. The Hall–Kier alpha value is -1.02. The lowest BCUT2D eigenvalue weighted by molar-refractivity contribution is 0.620. The summed E-state index contributed by atoms with van der Waals surface area (Å²) < 4.78 is 0. The van der Waals surface area contributed by atoms with Crippen molar-refractivity contribution in [1.29, 1.82) is 0 Å². The standard InChI is InChI=1S/C10H11ClN2/c1-7-2-4-8(5-3-7)9-6-10(11)13-12-9/h2-5,9,12H,6H2,1H3. The maximum absolute atomic E-state index is 5.78. The Morgan fingerprint density at radius 2 is 2.08 bits per heavy atom. The van der Waals surface area contributed by atoms with Gasteiger partial charge in [-0.1, -0.05) is 41.4 Å². The minimum atomic E-state index is 0.257. The molecule has 1 unspecified atom stereocenters. The summed E-state index contributed by atoms with van der Waals surface area (Å²) in [5, 5.41) is 4.61. The van der Waals surface area contributed by atoms with Crippen LogP contribution in [0.25, 0.3) is 0 Å². The highest BCUT2D eigenvalue weighted by Gasteiger charge is 2.17. The lowest BCUT2D eigenvalue weighted by Crippen LogP contribution is -2.09. The first kappa shape index (κ1) is 8.57. The summed E-state index contributed by atoms with van der Waals surface area (Å²) in [7, 11) is 0. The van der Waals surface area contributed by atoms with Crippen LogP contribution in [0.5, 0.6) is 0 Å². The molecule has 0 bridgehead atoms. The van der Waals surface area contributed by atoms with E-state index in [9.17, 15) is 0 Å². The van der Waals surface area contributed by atoms with Gasteiger partial charge in [0.05, 0.1) is 6.04 Å². The first-order valence-corrected chi connectivity index (χ1v) is 4.67. The van der Waals surface area contributed by atoms with Crippen molar-refractivity contribution in [2.75, 3.05) is 0 Å². The third kappa shape index (κ3) is 1.83. The molecular weight excluding hydrogens is 184 g/mol. The molecule has 3 heteroatoms. The molecule has 68 valence electrons. The average molecular weight is 195 g/mol. The monoisotopic (exact) mass is 194 g/mol. The zero-order chi connectivity index (χ0) is 9.26. The van der Waals surface area contributed by atoms with Crippen LogP contribution in [0.15, 0.2) is 29.4 Å². The third-order valence-electron chi connectivity index (χ3n) is 2.19. The molecule has 0 saturated heterocycles. The minimum Gasteiger partial charge on any atom is -0.301 e. The van der Waals surface area contributed by atoms with Gasteiger partial charge in [0.15, 0.2) is 0 Å². The van der Waals surface area contributed by atoms with Gasteiger partial charge in [0.1, 0.15) is 5.17 Å². The topological polar surface area (TPSA) is 24.4 Å². The summed E-state index contributed by atoms with van der Waals surface area (Å²) in [5.41, 5.74) is 5.51. The Labute approximate surface area is 82.6 Å². The highest BCUT2D eigenvalue weighted by molar-refractivity contribution is 6.65. The van der Waals surface area contributed by atoms with E-state index in [1.807, 2.05) is 0 Å². The zero-order valence-corrected chi connectivity index (χ0v) is 8.17. The first-order chi connectivity index (χ1) is 6.25. The average Bonchev–Trinajstić information content (AvgIpc) is 2.53. The van der Waals surface area contributed by atoms with Crippen LogP contribution in [0.1, 0.15) is 23.6 Å². The van der Waals surface area contributed by atoms with Crippen molar-refractivity contribution in [3.05, 3.63) is 35.4 Å². The molecular formula is C10H11ClN2. The van der Waals surface area contributed by atoms with Crippen LogP contribution in [0.3, 0.4) is 0 Å². The predicted molar refractivity (Wildman–Crippen MR) is 55.0 cm³/mol. The van der Waals surface area contributed by atoms with Crippen molar-refractivity contribution in [3.8, 4) is 0 Å². The van der Waals surface area contributed by atoms with Gasteiger partial charge in [0.2, 0.25) is 0 Å². The second-order valence-corrected chi connectivity index (χ2v) is 3.72. The van der Waals surface area contributed by atoms with E-state index >= 15 is 0 Å². The number of nitrogens with one attached hydrogen (secondary N) is 1. The lowest BCUT2D eigenvalue weighted by Gasteiger charge is -2.09. The Balaban J connectivity index is 2.14. The van der Waals surface area contributed by atoms with Gasteiger partial charge >= 0.3 is 0 Å². The fourth-order valence-corrected chi connectivity index (χ4v) is 1.60. The van der Waals surface area contributed by atoms with Crippen LogP contribution < -0.4 is 5.43 Å². The Morgan fingerprint density at radius 3 is 2.62 bits per heavy atom. The summed E-state index contributed by atoms with van der Waals surface area (Å²) in [6.45, 7) is 2.08. The molecule has 1 aliphatic rings. The van der Waals surface area contributed by atoms with Crippen LogP contribution in [0.2, 0.25) is 0 Å². The van der Waals surface area contributed by atoms with Crippen LogP contribution in [-0.2, 0) is 0 Å². The molecule has 1 aromatic carbocycles. The van der Waals surface area contributed by atoms with E-state index < -0.39 is 0 Å². The van der Waals surface area contributed by atoms with E-state index in [1.165, 1.54) is 11.1 Å². The van der Waals surface area contributed by atoms with Crippen molar-refractivity contribution in [3.63, 3.8) is 0 Å². The normalized spacial score (nSPS) is 21.1. The minimum absolute atomic E-state index is 0.257. The van der Waals surface area contributed by atoms with Gasteiger partial charge in [0.25, 0.3) is 0 Å². The molecule has 0 fully saturated rings. The Bertz CT molecular complexity index is 329. The number of aryl methyl sites for hydroxylation is 1. The highest BCUT2D eigenvalue weighted by atomic mass is 35.5. The molecule has 1 atom stereocenters. The van der Waals surface area contributed by atoms with Gasteiger partial charge in [0, 0.05) is 6.42 Å². The van der Waals surface area contributed by atoms with Crippen LogP contribution in [0, 0.1) is 6.92 Å². The molecule has 1 aliphatic heterocycles. The van der Waals surface area contributed by atoms with E-state index in [4.69, 9.17) is 11.6 Å². The quantitative estimate of drug-likeness (QED) is 0.730. The fraction of sp³-hybridized carbons (Fsp3) is 0.300. The SMILES string of the molecule is Cc1ccc(C2CC(Cl)=NN2)cc1. The van der Waals surface area contributed by atoms with Gasteiger partial charge in [-0.05, 0) is 12.5 Å². The number of halogens is 1. The second kappa shape index (κ2) is 3.38. The molecule has 1 heterocycles. The number of hydrogen-bond donors (Lipinski definition) is 1. The van der Waals surface area contributed by atoms with Crippen LogP contribution >= 0.6 is 11.6 Å². The van der Waals surface area contributed by atoms with Crippen molar-refractivity contribution >= 4 is 16.8 Å². The van der Waals surface area contributed by atoms with E-state index in [-0.39, 0.29) is 6.04 Å². The highest BCUT2D eigenvalue weighted by Crippen LogP contribution is 2.22. The lowest BCUT2D eigenvalue weighted by atomic mass is 10.0. The van der Waals surface area contributed by atoms with E-state index in [0.29, 0.717) is 5.17 Å². The van der Waals surface area contributed by atoms with Crippen molar-refractivity contribution in [2.24, 2.45) is 5.10 Å². The molecule has 0 radical (unpaired) electrons. The molecule has 1 N–H and O–H groups in total. The van der Waals surface area contributed by atoms with Gasteiger partial charge in [-0.15, -0.1) is 0 Å². The molecule has 13 heavy (non-hydrogen) atoms. The van der Waals surface area contributed by atoms with E-state index in [1.54, 1.807) is 0 Å². The molecule has 0 amide bonds. The second-order valence-electron chi connectivity index (χ2n) is 3.28. The van der Waals surface area contributed by atoms with Gasteiger partial charge in [-0.2, -0.15) is 5.10 Å². The zero-order valence-electron chi connectivity index (χ0n) is 7.42. The molecule has 0 saturated carbocycles. The molecule has 1 aromatic rings. The van der Waals surface area contributed by atoms with Crippen molar-refractivity contribution in [2.45, 2.75) is 19.4 Å². The van der Waals surface area contributed by atoms with E-state index in [0.717, 1.165) is 6.42 Å². The maximum atomic E-state index is 5.78. The third-order valence-corrected chi connectivity index (χ3v) is 2.43. The van der Waals surface area contributed by atoms with E-state index in [2.05, 4.69) is 41.7 Å². The summed E-state index contributed by atoms with van der Waals surface area (Å²) >= 11 is 5.78. The number of hydrogen-bond acceptors (Lipinski definition) is 2. The number of hydrazone groups is 1. The number of nitrogens with zero attached hydrogens (tertiary/aromatic N) is 1. The smallest absolute Gasteiger partial charge is 0.128 e. The summed E-state index contributed by atoms with van der Waals surface area (Å²) in [6, 6.07) is 8.68. The fourth-order valence-electron chi connectivity index (χ4n) is 1.40. The van der Waals surface area contributed by atoms with Crippen LogP contribution in [-0.4, -0.2) is 5.17 Å². The summed E-state index contributed by atoms with van der Waals surface area (Å²) in [4.78, 5) is 0. The molecule has 2 rings (SSSR count). The van der Waals surface area contributed by atoms with Gasteiger partial charge in [-0.3, -0.25) is 0 Å². The van der Waals surface area contributed by atoms with Gasteiger partial charge < -0.3 is 5.43 Å². The molecule has 0 spiro atoms. The Morgan fingerprint density at radius 1 is 1.38 bits per heavy atom. The molecule has 2 nitrogen and oxygen atoms in total. The van der Waals surface area contributed by atoms with Crippen molar-refractivity contribution < 1.29 is 0 Å². The predicted octanol–water partition coefficient (Wildman–Crippen LogP) is 2.58. The number of rotatable bonds is 1. The molecule has 0 aromatic heterocycles. The summed E-state index contributed by atoms with van der Waals surface area (Å²) in [5.74, 6) is 0. The Kier molecular flexibility index (Phi) is 2.23. The largest absolute Gasteiger partial charge is 0.301 e. The van der Waals surface area contributed by atoms with Crippen LogP contribution in [0.4, 0.5) is 0 Å². The first-order valence-electron chi connectivity index (χ1n) is 4.30. The maximum Gasteiger partial charge on any atom is 0.128 e. The van der Waals surface area contributed by atoms with Gasteiger partial charge in [-0.25, -0.2) is 0 Å². The number of benzene rings is 1. The van der Waals surface area contributed by atoms with Crippen molar-refractivity contribution in [1.82, 2.24) is 5.43 Å².